The van der Waals surface area contributed by atoms with E-state index in [0.717, 1.165) is 31.9 Å². The van der Waals surface area contributed by atoms with Crippen LogP contribution in [0.4, 0.5) is 0 Å². The summed E-state index contributed by atoms with van der Waals surface area (Å²) in [5.74, 6) is 0.811. The number of phenolic OH excluding ortho intramolecular Hbond substituents is 1. The molecule has 0 amide bonds. The van der Waals surface area contributed by atoms with Crippen LogP contribution in [0.3, 0.4) is 0 Å². The van der Waals surface area contributed by atoms with Crippen LogP contribution in [0.25, 0.3) is 42.8 Å². The standard InChI is InChI=1S/C28H25N5O2S/c1-16-28-24(33-32-16)12-26(36-28)22-11-19(14-31-27(22)21-7-3-5-9-25(21)34)35-15-18(29)10-17-13-30-23-8-4-2-6-20(17)23/h2-9,11-14,18,30,34H,10,15,29H2,1H3,(H,32,33)/t18-/m1/s1. The highest BCUT2D eigenvalue weighted by Crippen LogP contribution is 2.41. The second-order valence-electron chi connectivity index (χ2n) is 8.88. The summed E-state index contributed by atoms with van der Waals surface area (Å²) in [5.41, 5.74) is 12.9. The topological polar surface area (TPSA) is 113 Å². The number of aromatic nitrogens is 4. The predicted octanol–water partition coefficient (Wildman–Crippen LogP) is 5.80. The Kier molecular flexibility index (Phi) is 5.67. The molecule has 6 rings (SSSR count). The molecule has 0 fully saturated rings. The third-order valence-corrected chi connectivity index (χ3v) is 7.59. The van der Waals surface area contributed by atoms with Crippen molar-refractivity contribution in [3.05, 3.63) is 84.3 Å². The summed E-state index contributed by atoms with van der Waals surface area (Å²) in [6.45, 7) is 2.33. The molecule has 0 saturated heterocycles. The molecule has 1 atom stereocenters. The molecule has 36 heavy (non-hydrogen) atoms. The van der Waals surface area contributed by atoms with E-state index in [2.05, 4.69) is 33.4 Å². The van der Waals surface area contributed by atoms with Gasteiger partial charge in [0.05, 0.1) is 27.8 Å². The van der Waals surface area contributed by atoms with Crippen LogP contribution in [0, 0.1) is 6.92 Å². The molecule has 5 N–H and O–H groups in total. The number of aromatic amines is 2. The van der Waals surface area contributed by atoms with Crippen LogP contribution in [0.15, 0.2) is 73.1 Å². The quantitative estimate of drug-likeness (QED) is 0.224. The number of thiophene rings is 1. The van der Waals surface area contributed by atoms with Gasteiger partial charge in [0.15, 0.2) is 0 Å². The predicted molar refractivity (Wildman–Crippen MR) is 145 cm³/mol. The molecule has 0 spiro atoms. The van der Waals surface area contributed by atoms with E-state index in [-0.39, 0.29) is 11.8 Å². The Balaban J connectivity index is 1.29. The lowest BCUT2D eigenvalue weighted by atomic mass is 10.0. The average Bonchev–Trinajstić information content (AvgIpc) is 3.59. The minimum absolute atomic E-state index is 0.181. The van der Waals surface area contributed by atoms with Gasteiger partial charge in [-0.1, -0.05) is 30.3 Å². The maximum absolute atomic E-state index is 10.5. The van der Waals surface area contributed by atoms with E-state index in [4.69, 9.17) is 15.5 Å². The largest absolute Gasteiger partial charge is 0.507 e. The molecule has 0 bridgehead atoms. The first-order valence-corrected chi connectivity index (χ1v) is 12.5. The Morgan fingerprint density at radius 2 is 1.89 bits per heavy atom. The number of aromatic hydroxyl groups is 1. The Labute approximate surface area is 211 Å². The number of hydrogen-bond donors (Lipinski definition) is 4. The minimum atomic E-state index is -0.181. The number of nitrogens with one attached hydrogen (secondary N) is 2. The lowest BCUT2D eigenvalue weighted by molar-refractivity contribution is 0.287. The third-order valence-electron chi connectivity index (χ3n) is 6.31. The van der Waals surface area contributed by atoms with E-state index in [1.54, 1.807) is 29.7 Å². The molecule has 0 aliphatic carbocycles. The molecule has 0 saturated carbocycles. The van der Waals surface area contributed by atoms with Crippen LogP contribution in [0.1, 0.15) is 11.3 Å². The van der Waals surface area contributed by atoms with Crippen LogP contribution < -0.4 is 10.5 Å². The van der Waals surface area contributed by atoms with Gasteiger partial charge in [-0.25, -0.2) is 0 Å². The molecule has 0 unspecified atom stereocenters. The zero-order valence-corrected chi connectivity index (χ0v) is 20.5. The molecule has 0 aliphatic heterocycles. The molecule has 180 valence electrons. The third kappa shape index (κ3) is 4.10. The Morgan fingerprint density at radius 3 is 2.75 bits per heavy atom. The highest BCUT2D eigenvalue weighted by Gasteiger charge is 2.18. The number of ether oxygens (including phenoxy) is 1. The van der Waals surface area contributed by atoms with Crippen LogP contribution in [-0.2, 0) is 6.42 Å². The molecular formula is C28H25N5O2S. The van der Waals surface area contributed by atoms with E-state index in [1.165, 1.54) is 10.9 Å². The first-order valence-electron chi connectivity index (χ1n) is 11.7. The summed E-state index contributed by atoms with van der Waals surface area (Å²) in [6, 6.07) is 19.3. The van der Waals surface area contributed by atoms with Gasteiger partial charge < -0.3 is 20.6 Å². The molecule has 8 heteroatoms. The van der Waals surface area contributed by atoms with Crippen molar-refractivity contribution >= 4 is 32.5 Å². The van der Waals surface area contributed by atoms with E-state index in [1.807, 2.05) is 43.5 Å². The van der Waals surface area contributed by atoms with Gasteiger partial charge in [0, 0.05) is 39.1 Å². The Morgan fingerprint density at radius 1 is 1.06 bits per heavy atom. The second-order valence-corrected chi connectivity index (χ2v) is 9.93. The maximum atomic E-state index is 10.5. The van der Waals surface area contributed by atoms with Crippen molar-refractivity contribution in [3.63, 3.8) is 0 Å². The van der Waals surface area contributed by atoms with Crippen molar-refractivity contribution in [3.8, 4) is 33.2 Å². The van der Waals surface area contributed by atoms with Gasteiger partial charge in [-0.3, -0.25) is 10.1 Å². The number of pyridine rings is 1. The minimum Gasteiger partial charge on any atom is -0.507 e. The summed E-state index contributed by atoms with van der Waals surface area (Å²) in [5, 5.41) is 19.1. The molecular weight excluding hydrogens is 470 g/mol. The van der Waals surface area contributed by atoms with Crippen molar-refractivity contribution < 1.29 is 9.84 Å². The zero-order chi connectivity index (χ0) is 24.6. The number of nitrogens with two attached hydrogens (primary N) is 1. The number of para-hydroxylation sites is 2. The molecule has 4 aromatic heterocycles. The molecule has 7 nitrogen and oxygen atoms in total. The number of nitrogens with zero attached hydrogens (tertiary/aromatic N) is 2. The average molecular weight is 496 g/mol. The fourth-order valence-corrected chi connectivity index (χ4v) is 5.59. The second kappa shape index (κ2) is 9.14. The smallest absolute Gasteiger partial charge is 0.138 e. The van der Waals surface area contributed by atoms with Gasteiger partial charge in [0.1, 0.15) is 18.1 Å². The SMILES string of the molecule is Cc1n[nH]c2cc(-c3cc(OC[C@H](N)Cc4c[nH]c5ccccc45)cnc3-c3ccccc3O)sc12. The number of rotatable bonds is 7. The number of fused-ring (bicyclic) bond motifs is 2. The number of phenols is 1. The fraction of sp³-hybridized carbons (Fsp3) is 0.143. The van der Waals surface area contributed by atoms with Crippen LogP contribution in [-0.4, -0.2) is 37.9 Å². The lowest BCUT2D eigenvalue weighted by Crippen LogP contribution is -2.30. The molecule has 0 radical (unpaired) electrons. The molecule has 6 aromatic rings. The van der Waals surface area contributed by atoms with E-state index in [9.17, 15) is 5.11 Å². The van der Waals surface area contributed by atoms with Crippen molar-refractivity contribution in [2.24, 2.45) is 5.73 Å². The number of benzene rings is 2. The van der Waals surface area contributed by atoms with Gasteiger partial charge in [-0.2, -0.15) is 5.10 Å². The van der Waals surface area contributed by atoms with Crippen molar-refractivity contribution in [2.45, 2.75) is 19.4 Å². The first kappa shape index (κ1) is 22.3. The Hall–Kier alpha value is -4.14. The van der Waals surface area contributed by atoms with Gasteiger partial charge in [-0.05, 0) is 49.2 Å². The van der Waals surface area contributed by atoms with E-state index >= 15 is 0 Å². The van der Waals surface area contributed by atoms with Gasteiger partial charge in [0.25, 0.3) is 0 Å². The summed E-state index contributed by atoms with van der Waals surface area (Å²) in [7, 11) is 0. The first-order chi connectivity index (χ1) is 17.6. The Bertz CT molecular complexity index is 1680. The fourth-order valence-electron chi connectivity index (χ4n) is 4.52. The van der Waals surface area contributed by atoms with Crippen molar-refractivity contribution in [2.75, 3.05) is 6.61 Å². The summed E-state index contributed by atoms with van der Waals surface area (Å²) in [4.78, 5) is 9.02. The number of H-pyrrole nitrogens is 2. The van der Waals surface area contributed by atoms with E-state index < -0.39 is 0 Å². The van der Waals surface area contributed by atoms with Crippen molar-refractivity contribution in [1.82, 2.24) is 20.2 Å². The van der Waals surface area contributed by atoms with Gasteiger partial charge in [0.2, 0.25) is 0 Å². The van der Waals surface area contributed by atoms with Crippen molar-refractivity contribution in [1.29, 1.82) is 0 Å². The van der Waals surface area contributed by atoms with E-state index in [0.29, 0.717) is 30.0 Å². The summed E-state index contributed by atoms with van der Waals surface area (Å²) in [6.07, 6.45) is 4.40. The van der Waals surface area contributed by atoms with Gasteiger partial charge in [-0.15, -0.1) is 11.3 Å². The summed E-state index contributed by atoms with van der Waals surface area (Å²) >= 11 is 1.64. The molecule has 4 heterocycles. The monoisotopic (exact) mass is 495 g/mol. The summed E-state index contributed by atoms with van der Waals surface area (Å²) < 4.78 is 7.21. The van der Waals surface area contributed by atoms with Crippen LogP contribution >= 0.6 is 11.3 Å². The number of aryl methyl sites for hydroxylation is 1. The highest BCUT2D eigenvalue weighted by molar-refractivity contribution is 7.22. The maximum Gasteiger partial charge on any atom is 0.138 e. The van der Waals surface area contributed by atoms with Crippen LogP contribution in [0.2, 0.25) is 0 Å². The molecule has 2 aromatic carbocycles. The zero-order valence-electron chi connectivity index (χ0n) is 19.7. The van der Waals surface area contributed by atoms with Gasteiger partial charge >= 0.3 is 0 Å². The number of hydrogen-bond acceptors (Lipinski definition) is 6. The molecule has 0 aliphatic rings. The highest BCUT2D eigenvalue weighted by atomic mass is 32.1. The normalized spacial score (nSPS) is 12.4. The lowest BCUT2D eigenvalue weighted by Gasteiger charge is -2.15. The van der Waals surface area contributed by atoms with Crippen LogP contribution in [0.5, 0.6) is 11.5 Å².